The highest BCUT2D eigenvalue weighted by atomic mass is 32.2. The lowest BCUT2D eigenvalue weighted by Gasteiger charge is -2.32. The smallest absolute Gasteiger partial charge is 0.317 e. The largest absolute Gasteiger partial charge is 0.480 e. The van der Waals surface area contributed by atoms with E-state index in [4.69, 9.17) is 17.2 Å². The Morgan fingerprint density at radius 2 is 1.17 bits per heavy atom. The molecule has 1 aliphatic rings. The quantitative estimate of drug-likeness (QED) is 0.0209. The molecule has 7 atom stereocenters. The van der Waals surface area contributed by atoms with Crippen molar-refractivity contribution in [2.45, 2.75) is 122 Å². The van der Waals surface area contributed by atoms with Gasteiger partial charge in [-0.3, -0.25) is 91.3 Å². The Labute approximate surface area is 600 Å². The second-order valence-electron chi connectivity index (χ2n) is 26.0. The molecule has 1 fully saturated rings. The van der Waals surface area contributed by atoms with Gasteiger partial charge in [-0.15, -0.1) is 0 Å². The number of nitrogens with one attached hydrogen (secondary N) is 9. The highest BCUT2D eigenvalue weighted by Gasteiger charge is 2.34. The summed E-state index contributed by atoms with van der Waals surface area (Å²) in [6.07, 6.45) is 5.79. The number of nitrogens with two attached hydrogens (primary N) is 3. The van der Waals surface area contributed by atoms with Gasteiger partial charge < -0.3 is 80.0 Å². The van der Waals surface area contributed by atoms with Gasteiger partial charge in [0.1, 0.15) is 36.3 Å². The van der Waals surface area contributed by atoms with Crippen molar-refractivity contribution in [2.24, 2.45) is 29.0 Å². The number of carbonyl (C=O) groups is 14. The number of benzene rings is 2. The lowest BCUT2D eigenvalue weighted by Crippen LogP contribution is -2.59. The van der Waals surface area contributed by atoms with Crippen LogP contribution in [0, 0.1) is 11.8 Å². The number of aromatic nitrogens is 3. The van der Waals surface area contributed by atoms with Gasteiger partial charge in [-0.05, 0) is 79.4 Å². The molecule has 103 heavy (non-hydrogen) atoms. The van der Waals surface area contributed by atoms with E-state index in [2.05, 4.69) is 52.5 Å². The van der Waals surface area contributed by atoms with Crippen molar-refractivity contribution in [1.82, 2.24) is 76.7 Å². The standard InChI is InChI=1S/C67H98N18O17S/c1-39(2)26-49(64(99)77-48(60(70)95)16-25-103-6)79-65(100)51(29-45-31-71-38-74-45)76-54(87)32-73-66(101)59(40(3)4)80-61(96)41(5)75-63(98)50(28-44-33-85(52-13-8-7-12-46(44)52)67(102)47(68)14-15-53(69)86)78-62(97)43-11-9-10-42(27-43)30-72-55(88)34-81-17-19-82(35-56(89)90)21-23-84(37-58(93)94)24-22-83(20-18-81)36-57(91)92/h7-13,27,31,33,38-41,47-51,59H,14-26,28-30,32,34-37,68H2,1-6H3,(H2,69,86)(H2,70,95)(H,71,74)(H,72,88)(H,73,101)(H,75,98)(H,76,87)(H,77,99)(H,78,97)(H,79,100)(H,80,96)(H,89,90)(H,91,92)(H,93,94)/t41-,47-,48-,49-,50-,51-,59-/m0/s1. The molecule has 10 amide bonds. The predicted molar refractivity (Wildman–Crippen MR) is 378 cm³/mol. The molecule has 1 aliphatic heterocycles. The normalized spacial score (nSPS) is 15.7. The van der Waals surface area contributed by atoms with Gasteiger partial charge >= 0.3 is 17.9 Å². The number of nitrogens with zero attached hydrogens (tertiary/aromatic N) is 6. The Balaban J connectivity index is 1.32. The number of thioether (sulfide) groups is 1. The minimum atomic E-state index is -1.50. The molecule has 0 aliphatic carbocycles. The summed E-state index contributed by atoms with van der Waals surface area (Å²) in [5.41, 5.74) is 18.8. The molecule has 2 aromatic heterocycles. The number of rotatable bonds is 39. The Kier molecular flexibility index (Phi) is 34.1. The maximum absolute atomic E-state index is 14.7. The molecule has 3 heterocycles. The SMILES string of the molecule is CSCC[C@H](NC(=O)[C@H](CC(C)C)NC(=O)[C@H](Cc1cnc[nH]1)NC(=O)CNC(=O)[C@@H](NC(=O)[C@H](C)NC(=O)[C@H](Cc1cn(C(=O)[C@@H](N)CCC(N)=O)c2ccccc12)NC(=O)c1cccc(CNC(=O)CN2CCN(CC(=O)O)CCN(CC(=O)O)CCN(CC(=O)O)CC2)c1)C(C)C)C(N)=O. The number of H-pyrrole nitrogens is 1. The van der Waals surface area contributed by atoms with Crippen LogP contribution in [0.1, 0.15) is 92.3 Å². The summed E-state index contributed by atoms with van der Waals surface area (Å²) in [5, 5.41) is 50.5. The molecule has 0 radical (unpaired) electrons. The molecule has 0 bridgehead atoms. The number of carboxylic acids is 3. The van der Waals surface area contributed by atoms with Crippen LogP contribution in [-0.4, -0.2) is 272 Å². The van der Waals surface area contributed by atoms with E-state index in [0.29, 0.717) is 33.5 Å². The summed E-state index contributed by atoms with van der Waals surface area (Å²) in [7, 11) is 0. The number of hydrogen-bond acceptors (Lipinski definition) is 21. The first kappa shape index (κ1) is 83.8. The van der Waals surface area contributed by atoms with Crippen molar-refractivity contribution in [3.8, 4) is 0 Å². The van der Waals surface area contributed by atoms with Crippen LogP contribution >= 0.6 is 11.8 Å². The van der Waals surface area contributed by atoms with Gasteiger partial charge in [-0.2, -0.15) is 11.8 Å². The van der Waals surface area contributed by atoms with E-state index in [0.717, 1.165) is 0 Å². The third kappa shape index (κ3) is 28.8. The van der Waals surface area contributed by atoms with Crippen LogP contribution < -0.4 is 59.7 Å². The summed E-state index contributed by atoms with van der Waals surface area (Å²) in [5.74, 6) is -11.7. The number of aliphatic carboxylic acids is 3. The Bertz CT molecular complexity index is 3580. The Hall–Kier alpha value is -9.88. The van der Waals surface area contributed by atoms with Crippen molar-refractivity contribution >= 4 is 106 Å². The van der Waals surface area contributed by atoms with Crippen LogP contribution in [-0.2, 0) is 76.9 Å². The second kappa shape index (κ2) is 41.9. The van der Waals surface area contributed by atoms with Crippen molar-refractivity contribution in [2.75, 3.05) is 97.1 Å². The summed E-state index contributed by atoms with van der Waals surface area (Å²) < 4.78 is 1.27. The van der Waals surface area contributed by atoms with E-state index < -0.39 is 138 Å². The van der Waals surface area contributed by atoms with E-state index in [1.54, 1.807) is 69.8 Å². The van der Waals surface area contributed by atoms with E-state index in [1.165, 1.54) is 54.1 Å². The van der Waals surface area contributed by atoms with Gasteiger partial charge in [0.2, 0.25) is 59.1 Å². The maximum atomic E-state index is 14.7. The third-order valence-corrected chi connectivity index (χ3v) is 17.5. The molecule has 4 aromatic rings. The molecule has 18 N–H and O–H groups in total. The first-order valence-electron chi connectivity index (χ1n) is 33.7. The summed E-state index contributed by atoms with van der Waals surface area (Å²) in [6.45, 7) is 7.60. The number of carbonyl (C=O) groups excluding carboxylic acids is 11. The average Bonchev–Trinajstić information content (AvgIpc) is 1.64. The zero-order valence-electron chi connectivity index (χ0n) is 58.8. The lowest BCUT2D eigenvalue weighted by atomic mass is 10.0. The van der Waals surface area contributed by atoms with Gasteiger partial charge in [0.15, 0.2) is 0 Å². The van der Waals surface area contributed by atoms with E-state index in [-0.39, 0.29) is 135 Å². The number of amides is 10. The summed E-state index contributed by atoms with van der Waals surface area (Å²) in [4.78, 5) is 199. The van der Waals surface area contributed by atoms with Crippen LogP contribution in [0.15, 0.2) is 67.3 Å². The zero-order chi connectivity index (χ0) is 76.0. The van der Waals surface area contributed by atoms with Crippen molar-refractivity contribution < 1.29 is 82.4 Å². The molecule has 0 unspecified atom stereocenters. The number of hydrogen-bond donors (Lipinski definition) is 15. The van der Waals surface area contributed by atoms with Gasteiger partial charge in [-0.1, -0.05) is 58.0 Å². The molecule has 36 heteroatoms. The van der Waals surface area contributed by atoms with Crippen LogP contribution in [0.4, 0.5) is 0 Å². The van der Waals surface area contributed by atoms with Crippen LogP contribution in [0.3, 0.4) is 0 Å². The van der Waals surface area contributed by atoms with Gasteiger partial charge in [0.25, 0.3) is 5.91 Å². The Morgan fingerprint density at radius 1 is 0.602 bits per heavy atom. The molecule has 0 saturated carbocycles. The molecule has 0 spiro atoms. The highest BCUT2D eigenvalue weighted by molar-refractivity contribution is 7.98. The second-order valence-corrected chi connectivity index (χ2v) is 27.0. The zero-order valence-corrected chi connectivity index (χ0v) is 59.6. The van der Waals surface area contributed by atoms with Crippen LogP contribution in [0.5, 0.6) is 0 Å². The van der Waals surface area contributed by atoms with Crippen LogP contribution in [0.2, 0.25) is 0 Å². The number of primary amides is 2. The van der Waals surface area contributed by atoms with Crippen molar-refractivity contribution in [3.05, 3.63) is 89.6 Å². The molecule has 1 saturated heterocycles. The number of aromatic amines is 1. The molecular formula is C67H98N18O17S. The minimum absolute atomic E-state index is 0.0275. The average molecular weight is 1460 g/mol. The van der Waals surface area contributed by atoms with Crippen molar-refractivity contribution in [1.29, 1.82) is 0 Å². The fraction of sp³-hybridized carbons (Fsp3) is 0.537. The monoisotopic (exact) mass is 1460 g/mol. The number of para-hydroxylation sites is 1. The first-order valence-corrected chi connectivity index (χ1v) is 35.1. The molecular weight excluding hydrogens is 1360 g/mol. The number of imidazole rings is 1. The molecule has 2 aromatic carbocycles. The molecule has 35 nitrogen and oxygen atoms in total. The minimum Gasteiger partial charge on any atom is -0.480 e. The van der Waals surface area contributed by atoms with Gasteiger partial charge in [0.05, 0.1) is 50.6 Å². The summed E-state index contributed by atoms with van der Waals surface area (Å²) >= 11 is 1.45. The van der Waals surface area contributed by atoms with Gasteiger partial charge in [0, 0.05) is 107 Å². The van der Waals surface area contributed by atoms with Crippen molar-refractivity contribution in [3.63, 3.8) is 0 Å². The maximum Gasteiger partial charge on any atom is 0.317 e. The van der Waals surface area contributed by atoms with Gasteiger partial charge in [-0.25, -0.2) is 4.98 Å². The topological polar surface area (TPSA) is 521 Å². The number of fused-ring (bicyclic) bond motifs is 1. The van der Waals surface area contributed by atoms with E-state index in [9.17, 15) is 82.4 Å². The van der Waals surface area contributed by atoms with E-state index >= 15 is 0 Å². The predicted octanol–water partition coefficient (Wildman–Crippen LogP) is -3.23. The number of carboxylic acid groups (broad SMARTS) is 3. The molecule has 5 rings (SSSR count). The van der Waals surface area contributed by atoms with Crippen LogP contribution in [0.25, 0.3) is 10.9 Å². The fourth-order valence-corrected chi connectivity index (χ4v) is 11.7. The molecule has 564 valence electrons. The van der Waals surface area contributed by atoms with E-state index in [1.807, 2.05) is 20.1 Å². The Morgan fingerprint density at radius 3 is 1.71 bits per heavy atom. The fourth-order valence-electron chi connectivity index (χ4n) is 11.2. The lowest BCUT2D eigenvalue weighted by molar-refractivity contribution is -0.140. The highest BCUT2D eigenvalue weighted by Crippen LogP contribution is 2.24. The summed E-state index contributed by atoms with van der Waals surface area (Å²) in [6, 6.07) is 3.88. The third-order valence-electron chi connectivity index (χ3n) is 16.8. The first-order chi connectivity index (χ1) is 48.8.